The van der Waals surface area contributed by atoms with E-state index in [9.17, 15) is 18.7 Å². The molecule has 0 spiro atoms. The molecule has 0 aromatic heterocycles. The van der Waals surface area contributed by atoms with Crippen molar-refractivity contribution in [2.75, 3.05) is 6.54 Å². The zero-order valence-corrected chi connectivity index (χ0v) is 10.5. The van der Waals surface area contributed by atoms with Gasteiger partial charge >= 0.3 is 0 Å². The van der Waals surface area contributed by atoms with E-state index in [0.717, 1.165) is 25.0 Å². The lowest BCUT2D eigenvalue weighted by atomic mass is 10.1. The van der Waals surface area contributed by atoms with Crippen LogP contribution in [0.2, 0.25) is 0 Å². The molecule has 0 aliphatic heterocycles. The van der Waals surface area contributed by atoms with Gasteiger partial charge in [-0.2, -0.15) is 0 Å². The summed E-state index contributed by atoms with van der Waals surface area (Å²) in [6, 6.07) is 3.55. The number of nitrogens with one attached hydrogen (secondary N) is 1. The second-order valence-corrected chi connectivity index (χ2v) is 5.01. The van der Waals surface area contributed by atoms with Crippen molar-refractivity contribution in [3.8, 4) is 0 Å². The van der Waals surface area contributed by atoms with Crippen LogP contribution in [-0.4, -0.2) is 23.7 Å². The number of carbonyl (C=O) groups is 1. The van der Waals surface area contributed by atoms with Gasteiger partial charge in [0.05, 0.1) is 12.5 Å². The molecule has 5 heteroatoms. The SMILES string of the molecule is O=C(Cc1c(F)cccc1F)NCC1CCC(O)C1. The Labute approximate surface area is 110 Å². The van der Waals surface area contributed by atoms with E-state index in [1.165, 1.54) is 6.07 Å². The summed E-state index contributed by atoms with van der Waals surface area (Å²) in [6.45, 7) is 0.450. The molecule has 1 aliphatic carbocycles. The molecule has 0 heterocycles. The van der Waals surface area contributed by atoms with E-state index in [0.29, 0.717) is 13.0 Å². The van der Waals surface area contributed by atoms with Crippen molar-refractivity contribution in [1.29, 1.82) is 0 Å². The molecule has 0 bridgehead atoms. The lowest BCUT2D eigenvalue weighted by molar-refractivity contribution is -0.120. The van der Waals surface area contributed by atoms with E-state index in [-0.39, 0.29) is 24.0 Å². The summed E-state index contributed by atoms with van der Waals surface area (Å²) in [7, 11) is 0. The highest BCUT2D eigenvalue weighted by molar-refractivity contribution is 5.78. The van der Waals surface area contributed by atoms with Gasteiger partial charge in [0, 0.05) is 12.1 Å². The van der Waals surface area contributed by atoms with Crippen LogP contribution in [0.4, 0.5) is 8.78 Å². The van der Waals surface area contributed by atoms with Gasteiger partial charge in [0.1, 0.15) is 11.6 Å². The Bertz CT molecular complexity index is 445. The van der Waals surface area contributed by atoms with Crippen molar-refractivity contribution in [1.82, 2.24) is 5.32 Å². The second-order valence-electron chi connectivity index (χ2n) is 5.01. The maximum Gasteiger partial charge on any atom is 0.224 e. The Morgan fingerprint density at radius 2 is 2.00 bits per heavy atom. The molecule has 3 nitrogen and oxygen atoms in total. The Morgan fingerprint density at radius 1 is 1.32 bits per heavy atom. The molecule has 104 valence electrons. The van der Waals surface area contributed by atoms with Gasteiger partial charge < -0.3 is 10.4 Å². The quantitative estimate of drug-likeness (QED) is 0.875. The standard InChI is InChI=1S/C14H17F2NO2/c15-12-2-1-3-13(16)11(12)7-14(19)17-8-9-4-5-10(18)6-9/h1-3,9-10,18H,4-8H2,(H,17,19). The van der Waals surface area contributed by atoms with E-state index in [4.69, 9.17) is 0 Å². The molecule has 1 saturated carbocycles. The van der Waals surface area contributed by atoms with Crippen LogP contribution in [0.1, 0.15) is 24.8 Å². The molecule has 0 radical (unpaired) electrons. The number of hydrogen-bond donors (Lipinski definition) is 2. The zero-order chi connectivity index (χ0) is 13.8. The highest BCUT2D eigenvalue weighted by Crippen LogP contribution is 2.24. The average molecular weight is 269 g/mol. The number of benzene rings is 1. The van der Waals surface area contributed by atoms with Crippen molar-refractivity contribution in [3.63, 3.8) is 0 Å². The Kier molecular flexibility index (Phi) is 4.47. The van der Waals surface area contributed by atoms with Gasteiger partial charge in [-0.1, -0.05) is 6.07 Å². The molecule has 1 aromatic rings. The smallest absolute Gasteiger partial charge is 0.224 e. The Hall–Kier alpha value is -1.49. The number of hydrogen-bond acceptors (Lipinski definition) is 2. The highest BCUT2D eigenvalue weighted by Gasteiger charge is 2.23. The summed E-state index contributed by atoms with van der Waals surface area (Å²) in [5.74, 6) is -1.55. The molecule has 1 aromatic carbocycles. The van der Waals surface area contributed by atoms with Crippen molar-refractivity contribution in [2.24, 2.45) is 5.92 Å². The van der Waals surface area contributed by atoms with Crippen LogP contribution in [-0.2, 0) is 11.2 Å². The van der Waals surface area contributed by atoms with Crippen molar-refractivity contribution in [2.45, 2.75) is 31.8 Å². The first-order valence-corrected chi connectivity index (χ1v) is 6.44. The molecule has 1 aliphatic rings. The minimum Gasteiger partial charge on any atom is -0.393 e. The number of rotatable bonds is 4. The van der Waals surface area contributed by atoms with Crippen LogP contribution in [0.5, 0.6) is 0 Å². The van der Waals surface area contributed by atoms with Crippen molar-refractivity contribution >= 4 is 5.91 Å². The van der Waals surface area contributed by atoms with Gasteiger partial charge in [-0.25, -0.2) is 8.78 Å². The monoisotopic (exact) mass is 269 g/mol. The Balaban J connectivity index is 1.84. The summed E-state index contributed by atoms with van der Waals surface area (Å²) in [6.07, 6.45) is 1.71. The van der Waals surface area contributed by atoms with Gasteiger partial charge in [0.2, 0.25) is 5.91 Å². The van der Waals surface area contributed by atoms with Crippen LogP contribution < -0.4 is 5.32 Å². The van der Waals surface area contributed by atoms with Gasteiger partial charge in [-0.3, -0.25) is 4.79 Å². The minimum atomic E-state index is -0.702. The van der Waals surface area contributed by atoms with Crippen LogP contribution in [0.25, 0.3) is 0 Å². The fraction of sp³-hybridized carbons (Fsp3) is 0.500. The van der Waals surface area contributed by atoms with Crippen molar-refractivity contribution in [3.05, 3.63) is 35.4 Å². The van der Waals surface area contributed by atoms with Gasteiger partial charge in [-0.05, 0) is 37.3 Å². The Morgan fingerprint density at radius 3 is 2.58 bits per heavy atom. The van der Waals surface area contributed by atoms with E-state index >= 15 is 0 Å². The van der Waals surface area contributed by atoms with Gasteiger partial charge in [0.15, 0.2) is 0 Å². The number of halogens is 2. The fourth-order valence-corrected chi connectivity index (χ4v) is 2.42. The largest absolute Gasteiger partial charge is 0.393 e. The number of aliphatic hydroxyl groups is 1. The van der Waals surface area contributed by atoms with E-state index in [2.05, 4.69) is 5.32 Å². The minimum absolute atomic E-state index is 0.202. The number of amides is 1. The van der Waals surface area contributed by atoms with E-state index < -0.39 is 17.5 Å². The molecule has 2 N–H and O–H groups in total. The van der Waals surface area contributed by atoms with Crippen LogP contribution in [0, 0.1) is 17.6 Å². The maximum absolute atomic E-state index is 13.4. The van der Waals surface area contributed by atoms with Crippen LogP contribution in [0.15, 0.2) is 18.2 Å². The highest BCUT2D eigenvalue weighted by atomic mass is 19.1. The zero-order valence-electron chi connectivity index (χ0n) is 10.5. The molecular weight excluding hydrogens is 252 g/mol. The molecule has 19 heavy (non-hydrogen) atoms. The first-order chi connectivity index (χ1) is 9.06. The summed E-state index contributed by atoms with van der Waals surface area (Å²) in [5.41, 5.74) is -0.202. The van der Waals surface area contributed by atoms with E-state index in [1.54, 1.807) is 0 Å². The van der Waals surface area contributed by atoms with Crippen molar-refractivity contribution < 1.29 is 18.7 Å². The third kappa shape index (κ3) is 3.73. The number of aliphatic hydroxyl groups excluding tert-OH is 1. The summed E-state index contributed by atoms with van der Waals surface area (Å²) < 4.78 is 26.7. The molecule has 0 saturated heterocycles. The predicted molar refractivity (Wildman–Crippen MR) is 66.4 cm³/mol. The third-order valence-electron chi connectivity index (χ3n) is 3.50. The first-order valence-electron chi connectivity index (χ1n) is 6.44. The topological polar surface area (TPSA) is 49.3 Å². The molecular formula is C14H17F2NO2. The molecule has 2 unspecified atom stereocenters. The molecule has 1 fully saturated rings. The maximum atomic E-state index is 13.4. The van der Waals surface area contributed by atoms with Crippen LogP contribution in [0.3, 0.4) is 0 Å². The summed E-state index contributed by atoms with van der Waals surface area (Å²) in [4.78, 5) is 11.6. The molecule has 2 atom stereocenters. The fourth-order valence-electron chi connectivity index (χ4n) is 2.42. The van der Waals surface area contributed by atoms with Gasteiger partial charge in [0.25, 0.3) is 0 Å². The predicted octanol–water partition coefficient (Wildman–Crippen LogP) is 1.78. The lowest BCUT2D eigenvalue weighted by Crippen LogP contribution is -2.30. The lowest BCUT2D eigenvalue weighted by Gasteiger charge is -2.11. The number of carbonyl (C=O) groups excluding carboxylic acids is 1. The second kappa shape index (κ2) is 6.10. The summed E-state index contributed by atoms with van der Waals surface area (Å²) >= 11 is 0. The third-order valence-corrected chi connectivity index (χ3v) is 3.50. The molecule has 2 rings (SSSR count). The van der Waals surface area contributed by atoms with Crippen LogP contribution >= 0.6 is 0 Å². The van der Waals surface area contributed by atoms with Gasteiger partial charge in [-0.15, -0.1) is 0 Å². The first kappa shape index (κ1) is 13.9. The normalized spacial score (nSPS) is 22.5. The summed E-state index contributed by atoms with van der Waals surface area (Å²) in [5, 5.41) is 12.0. The molecule has 1 amide bonds. The van der Waals surface area contributed by atoms with E-state index in [1.807, 2.05) is 0 Å². The average Bonchev–Trinajstić information content (AvgIpc) is 2.77.